The first kappa shape index (κ1) is 18.1. The monoisotopic (exact) mass is 410 g/mol. The van der Waals surface area contributed by atoms with Crippen LogP contribution in [0.4, 0.5) is 0 Å². The molecule has 1 aromatic heterocycles. The van der Waals surface area contributed by atoms with E-state index in [2.05, 4.69) is 20.1 Å². The van der Waals surface area contributed by atoms with Crippen molar-refractivity contribution < 1.29 is 4.79 Å². The van der Waals surface area contributed by atoms with E-state index >= 15 is 0 Å². The van der Waals surface area contributed by atoms with E-state index in [4.69, 9.17) is 23.2 Å². The molecule has 0 spiro atoms. The van der Waals surface area contributed by atoms with Crippen LogP contribution in [0, 0.1) is 0 Å². The van der Waals surface area contributed by atoms with Gasteiger partial charge in [0, 0.05) is 12.0 Å². The van der Waals surface area contributed by atoms with Gasteiger partial charge in [-0.25, -0.2) is 0 Å². The maximum Gasteiger partial charge on any atom is 0.230 e. The van der Waals surface area contributed by atoms with Crippen LogP contribution in [0.25, 0.3) is 0 Å². The molecule has 2 aliphatic carbocycles. The Kier molecular flexibility index (Phi) is 5.17. The smallest absolute Gasteiger partial charge is 0.230 e. The number of thioether (sulfide) groups is 1. The Hall–Kier alpha value is -1.24. The summed E-state index contributed by atoms with van der Waals surface area (Å²) in [6.45, 7) is 1.93. The molecular weight excluding hydrogens is 391 g/mol. The zero-order valence-electron chi connectivity index (χ0n) is 14.4. The van der Waals surface area contributed by atoms with Crippen LogP contribution in [0.15, 0.2) is 23.4 Å². The van der Waals surface area contributed by atoms with Crippen LogP contribution in [0.1, 0.15) is 62.0 Å². The van der Waals surface area contributed by atoms with Gasteiger partial charge in [0.2, 0.25) is 5.91 Å². The first-order valence-electron chi connectivity index (χ1n) is 8.85. The molecule has 1 heterocycles. The lowest BCUT2D eigenvalue weighted by molar-refractivity contribution is -0.119. The van der Waals surface area contributed by atoms with Gasteiger partial charge in [0.1, 0.15) is 5.82 Å². The summed E-state index contributed by atoms with van der Waals surface area (Å²) in [5.41, 5.74) is 0.926. The molecule has 2 aliphatic rings. The number of nitrogens with one attached hydrogen (secondary N) is 1. The van der Waals surface area contributed by atoms with Gasteiger partial charge in [-0.1, -0.05) is 41.0 Å². The third-order valence-corrected chi connectivity index (χ3v) is 6.38. The molecule has 1 aromatic carbocycles. The number of aromatic nitrogens is 3. The van der Waals surface area contributed by atoms with Crippen molar-refractivity contribution in [3.05, 3.63) is 39.6 Å². The molecule has 0 radical (unpaired) electrons. The Labute approximate surface area is 166 Å². The Balaban J connectivity index is 1.36. The zero-order valence-corrected chi connectivity index (χ0v) is 16.7. The molecule has 5 nitrogen and oxygen atoms in total. The summed E-state index contributed by atoms with van der Waals surface area (Å²) in [5, 5.41) is 13.6. The number of rotatable bonds is 7. The highest BCUT2D eigenvalue weighted by atomic mass is 35.5. The quantitative estimate of drug-likeness (QED) is 0.667. The first-order chi connectivity index (χ1) is 12.5. The molecule has 1 atom stereocenters. The highest BCUT2D eigenvalue weighted by molar-refractivity contribution is 7.99. The number of benzene rings is 1. The lowest BCUT2D eigenvalue weighted by Gasteiger charge is -2.15. The lowest BCUT2D eigenvalue weighted by atomic mass is 10.1. The van der Waals surface area contributed by atoms with Crippen molar-refractivity contribution in [2.45, 2.75) is 55.8 Å². The van der Waals surface area contributed by atoms with Gasteiger partial charge < -0.3 is 9.88 Å². The molecule has 0 unspecified atom stereocenters. The molecule has 2 saturated carbocycles. The van der Waals surface area contributed by atoms with Crippen molar-refractivity contribution >= 4 is 40.9 Å². The third kappa shape index (κ3) is 4.02. The Morgan fingerprint density at radius 2 is 2.04 bits per heavy atom. The minimum Gasteiger partial charge on any atom is -0.349 e. The molecule has 2 fully saturated rings. The van der Waals surface area contributed by atoms with E-state index in [-0.39, 0.29) is 11.9 Å². The predicted octanol–water partition coefficient (Wildman–Crippen LogP) is 4.77. The van der Waals surface area contributed by atoms with Crippen molar-refractivity contribution in [3.63, 3.8) is 0 Å². The van der Waals surface area contributed by atoms with Crippen LogP contribution in [0.2, 0.25) is 10.0 Å². The maximum absolute atomic E-state index is 12.4. The Morgan fingerprint density at radius 3 is 2.69 bits per heavy atom. The number of hydrogen-bond acceptors (Lipinski definition) is 4. The summed E-state index contributed by atoms with van der Waals surface area (Å²) in [4.78, 5) is 12.4. The number of amides is 1. The lowest BCUT2D eigenvalue weighted by Crippen LogP contribution is -2.28. The number of hydrogen-bond donors (Lipinski definition) is 1. The van der Waals surface area contributed by atoms with E-state index in [9.17, 15) is 4.79 Å². The van der Waals surface area contributed by atoms with E-state index in [1.54, 1.807) is 12.1 Å². The highest BCUT2D eigenvalue weighted by Crippen LogP contribution is 2.45. The van der Waals surface area contributed by atoms with Crippen LogP contribution >= 0.6 is 35.0 Å². The van der Waals surface area contributed by atoms with E-state index in [1.165, 1.54) is 37.4 Å². The highest BCUT2D eigenvalue weighted by Gasteiger charge is 2.36. The Bertz CT molecular complexity index is 833. The molecule has 2 aromatic rings. The van der Waals surface area contributed by atoms with E-state index in [1.807, 2.05) is 13.0 Å². The molecule has 8 heteroatoms. The van der Waals surface area contributed by atoms with Crippen LogP contribution in [-0.2, 0) is 4.79 Å². The van der Waals surface area contributed by atoms with Crippen molar-refractivity contribution in [1.82, 2.24) is 20.1 Å². The van der Waals surface area contributed by atoms with Crippen molar-refractivity contribution in [2.75, 3.05) is 5.75 Å². The van der Waals surface area contributed by atoms with Crippen LogP contribution < -0.4 is 5.32 Å². The van der Waals surface area contributed by atoms with Crippen LogP contribution in [0.3, 0.4) is 0 Å². The molecular formula is C18H20Cl2N4OS. The molecule has 0 saturated heterocycles. The molecule has 1 N–H and O–H groups in total. The number of carbonyl (C=O) groups excluding carboxylic acids is 1. The second-order valence-corrected chi connectivity index (χ2v) is 8.72. The van der Waals surface area contributed by atoms with Crippen molar-refractivity contribution in [2.24, 2.45) is 0 Å². The summed E-state index contributed by atoms with van der Waals surface area (Å²) in [5.74, 6) is 1.97. The Morgan fingerprint density at radius 1 is 1.27 bits per heavy atom. The van der Waals surface area contributed by atoms with Crippen LogP contribution in [-0.4, -0.2) is 26.4 Å². The minimum absolute atomic E-state index is 0.0353. The fourth-order valence-electron chi connectivity index (χ4n) is 2.96. The number of carbonyl (C=O) groups is 1. The summed E-state index contributed by atoms with van der Waals surface area (Å²) >= 11 is 13.5. The van der Waals surface area contributed by atoms with Gasteiger partial charge in [0.05, 0.1) is 21.8 Å². The van der Waals surface area contributed by atoms with Crippen molar-refractivity contribution in [1.29, 1.82) is 0 Å². The predicted molar refractivity (Wildman–Crippen MR) is 104 cm³/mol. The average Bonchev–Trinajstić information content (AvgIpc) is 3.54. The second-order valence-electron chi connectivity index (χ2n) is 6.97. The van der Waals surface area contributed by atoms with Gasteiger partial charge >= 0.3 is 0 Å². The van der Waals surface area contributed by atoms with Gasteiger partial charge in [-0.3, -0.25) is 4.79 Å². The maximum atomic E-state index is 12.4. The zero-order chi connectivity index (χ0) is 18.3. The fraction of sp³-hybridized carbons (Fsp3) is 0.500. The van der Waals surface area contributed by atoms with Gasteiger partial charge in [0.15, 0.2) is 5.16 Å². The van der Waals surface area contributed by atoms with E-state index < -0.39 is 0 Å². The molecule has 26 heavy (non-hydrogen) atoms. The van der Waals surface area contributed by atoms with E-state index in [0.29, 0.717) is 27.8 Å². The van der Waals surface area contributed by atoms with Gasteiger partial charge in [-0.2, -0.15) is 0 Å². The molecule has 4 rings (SSSR count). The average molecular weight is 411 g/mol. The largest absolute Gasteiger partial charge is 0.349 e. The van der Waals surface area contributed by atoms with E-state index in [0.717, 1.165) is 16.5 Å². The van der Waals surface area contributed by atoms with Gasteiger partial charge in [0.25, 0.3) is 0 Å². The number of halogens is 2. The number of nitrogens with zero attached hydrogens (tertiary/aromatic N) is 3. The SMILES string of the molecule is C[C@H](NC(=O)CSc1nnc(C2CC2)n1C1CC1)c1ccc(Cl)c(Cl)c1. The standard InChI is InChI=1S/C18H20Cl2N4OS/c1-10(12-4-7-14(19)15(20)8-12)21-16(25)9-26-18-23-22-17(11-2-3-11)24(18)13-5-6-13/h4,7-8,10-11,13H,2-3,5-6,9H2,1H3,(H,21,25)/t10-/m0/s1. The van der Waals surface area contributed by atoms with Crippen molar-refractivity contribution in [3.8, 4) is 0 Å². The topological polar surface area (TPSA) is 59.8 Å². The first-order valence-corrected chi connectivity index (χ1v) is 10.6. The normalized spacial score (nSPS) is 18.0. The molecule has 0 bridgehead atoms. The molecule has 1 amide bonds. The molecule has 0 aliphatic heterocycles. The van der Waals surface area contributed by atoms with Gasteiger partial charge in [-0.05, 0) is 50.3 Å². The summed E-state index contributed by atoms with van der Waals surface area (Å²) in [7, 11) is 0. The second kappa shape index (κ2) is 7.41. The third-order valence-electron chi connectivity index (χ3n) is 4.70. The summed E-state index contributed by atoms with van der Waals surface area (Å²) < 4.78 is 2.26. The summed E-state index contributed by atoms with van der Waals surface area (Å²) in [6.07, 6.45) is 4.78. The summed E-state index contributed by atoms with van der Waals surface area (Å²) in [6, 6.07) is 5.79. The van der Waals surface area contributed by atoms with Crippen LogP contribution in [0.5, 0.6) is 0 Å². The minimum atomic E-state index is -0.138. The molecule has 138 valence electrons. The van der Waals surface area contributed by atoms with Gasteiger partial charge in [-0.15, -0.1) is 10.2 Å². The fourth-order valence-corrected chi connectivity index (χ4v) is 4.09.